The summed E-state index contributed by atoms with van der Waals surface area (Å²) in [5, 5.41) is 13.3. The maximum Gasteiger partial charge on any atom is 0.303 e. The molecule has 0 radical (unpaired) electrons. The van der Waals surface area contributed by atoms with Crippen LogP contribution in [0, 0.1) is 5.92 Å². The molecule has 1 fully saturated rings. The first-order chi connectivity index (χ1) is 9.54. The minimum atomic E-state index is -0.729. The lowest BCUT2D eigenvalue weighted by Gasteiger charge is -2.39. The minimum Gasteiger partial charge on any atom is -0.481 e. The molecule has 0 aliphatic carbocycles. The van der Waals surface area contributed by atoms with Gasteiger partial charge in [-0.2, -0.15) is 5.10 Å². The third-order valence-electron chi connectivity index (χ3n) is 3.70. The second-order valence-corrected chi connectivity index (χ2v) is 5.67. The van der Waals surface area contributed by atoms with E-state index in [0.29, 0.717) is 5.92 Å². The van der Waals surface area contributed by atoms with Gasteiger partial charge in [0.15, 0.2) is 5.82 Å². The van der Waals surface area contributed by atoms with Crippen molar-refractivity contribution in [2.45, 2.75) is 26.2 Å². The highest BCUT2D eigenvalue weighted by Gasteiger charge is 2.30. The number of fused-ring (bicyclic) bond motifs is 1. The molecule has 6 nitrogen and oxygen atoms in total. The van der Waals surface area contributed by atoms with Gasteiger partial charge in [0.05, 0.1) is 12.1 Å². The number of anilines is 1. The number of nitrogens with zero attached hydrogens (tertiary/aromatic N) is 4. The molecule has 2 aromatic heterocycles. The Morgan fingerprint density at radius 2 is 2.25 bits per heavy atom. The zero-order valence-corrected chi connectivity index (χ0v) is 11.7. The third kappa shape index (κ3) is 2.21. The lowest BCUT2D eigenvalue weighted by Crippen LogP contribution is -2.48. The normalized spacial score (nSPS) is 15.8. The number of carbonyl (C=O) groups is 1. The molecule has 1 saturated heterocycles. The SMILES string of the molecule is CC(C)c1cc2c(N3CC(CC(=O)O)C3)nccn2n1. The molecule has 1 aliphatic rings. The van der Waals surface area contributed by atoms with Crippen LogP contribution in [0.25, 0.3) is 5.52 Å². The average molecular weight is 274 g/mol. The van der Waals surface area contributed by atoms with Gasteiger partial charge in [-0.1, -0.05) is 13.8 Å². The molecule has 1 aliphatic heterocycles. The molecule has 2 aromatic rings. The predicted molar refractivity (Wildman–Crippen MR) is 75.0 cm³/mol. The van der Waals surface area contributed by atoms with Gasteiger partial charge in [0.25, 0.3) is 0 Å². The summed E-state index contributed by atoms with van der Waals surface area (Å²) in [6.07, 6.45) is 3.82. The molecule has 0 atom stereocenters. The van der Waals surface area contributed by atoms with E-state index in [1.807, 2.05) is 10.7 Å². The van der Waals surface area contributed by atoms with Crippen molar-refractivity contribution in [3.05, 3.63) is 24.2 Å². The third-order valence-corrected chi connectivity index (χ3v) is 3.70. The number of carboxylic acid groups (broad SMARTS) is 1. The fourth-order valence-electron chi connectivity index (χ4n) is 2.57. The lowest BCUT2D eigenvalue weighted by atomic mass is 9.96. The zero-order chi connectivity index (χ0) is 14.3. The molecule has 106 valence electrons. The van der Waals surface area contributed by atoms with Gasteiger partial charge in [0.2, 0.25) is 0 Å². The van der Waals surface area contributed by atoms with E-state index in [1.165, 1.54) is 0 Å². The number of aromatic nitrogens is 3. The van der Waals surface area contributed by atoms with Gasteiger partial charge in [0.1, 0.15) is 5.52 Å². The highest BCUT2D eigenvalue weighted by atomic mass is 16.4. The molecule has 0 amide bonds. The Balaban J connectivity index is 1.84. The molecule has 3 heterocycles. The fraction of sp³-hybridized carbons (Fsp3) is 0.500. The van der Waals surface area contributed by atoms with Crippen LogP contribution < -0.4 is 4.90 Å². The van der Waals surface area contributed by atoms with Crippen LogP contribution in [-0.4, -0.2) is 38.8 Å². The second kappa shape index (κ2) is 4.77. The summed E-state index contributed by atoms with van der Waals surface area (Å²) >= 11 is 0. The van der Waals surface area contributed by atoms with Crippen LogP contribution >= 0.6 is 0 Å². The Bertz CT molecular complexity index is 644. The van der Waals surface area contributed by atoms with Crippen LogP contribution in [-0.2, 0) is 4.79 Å². The van der Waals surface area contributed by atoms with Gasteiger partial charge < -0.3 is 10.0 Å². The van der Waals surface area contributed by atoms with Crippen LogP contribution in [0.2, 0.25) is 0 Å². The number of rotatable bonds is 4. The summed E-state index contributed by atoms with van der Waals surface area (Å²) in [4.78, 5) is 17.2. The maximum atomic E-state index is 10.7. The highest BCUT2D eigenvalue weighted by molar-refractivity contribution is 5.71. The van der Waals surface area contributed by atoms with Crippen molar-refractivity contribution in [2.24, 2.45) is 5.92 Å². The first-order valence-electron chi connectivity index (χ1n) is 6.85. The first-order valence-corrected chi connectivity index (χ1v) is 6.85. The zero-order valence-electron chi connectivity index (χ0n) is 11.7. The van der Waals surface area contributed by atoms with Crippen LogP contribution in [0.3, 0.4) is 0 Å². The quantitative estimate of drug-likeness (QED) is 0.920. The van der Waals surface area contributed by atoms with Gasteiger partial charge in [-0.15, -0.1) is 0 Å². The predicted octanol–water partition coefficient (Wildman–Crippen LogP) is 1.76. The van der Waals surface area contributed by atoms with E-state index < -0.39 is 5.97 Å². The summed E-state index contributed by atoms with van der Waals surface area (Å²) in [6.45, 7) is 5.73. The Labute approximate surface area is 117 Å². The number of hydrogen-bond donors (Lipinski definition) is 1. The summed E-state index contributed by atoms with van der Waals surface area (Å²) in [7, 11) is 0. The molecule has 0 unspecified atom stereocenters. The fourth-order valence-corrected chi connectivity index (χ4v) is 2.57. The molecule has 0 saturated carbocycles. The molecule has 0 spiro atoms. The lowest BCUT2D eigenvalue weighted by molar-refractivity contribution is -0.138. The van der Waals surface area contributed by atoms with E-state index in [9.17, 15) is 4.79 Å². The number of carboxylic acids is 1. The van der Waals surface area contributed by atoms with Crippen molar-refractivity contribution < 1.29 is 9.90 Å². The first kappa shape index (κ1) is 12.9. The number of hydrogen-bond acceptors (Lipinski definition) is 4. The van der Waals surface area contributed by atoms with Crippen LogP contribution in [0.4, 0.5) is 5.82 Å². The van der Waals surface area contributed by atoms with Gasteiger partial charge in [-0.25, -0.2) is 9.50 Å². The Morgan fingerprint density at radius 1 is 1.50 bits per heavy atom. The Kier molecular flexibility index (Phi) is 3.08. The standard InChI is InChI=1S/C14H18N4O2/c1-9(2)11-6-12-14(15-3-4-18(12)16-11)17-7-10(8-17)5-13(19)20/h3-4,6,9-10H,5,7-8H2,1-2H3,(H,19,20). The van der Waals surface area contributed by atoms with Crippen molar-refractivity contribution in [3.8, 4) is 0 Å². The van der Waals surface area contributed by atoms with Gasteiger partial charge >= 0.3 is 5.97 Å². The van der Waals surface area contributed by atoms with Crippen LogP contribution in [0.5, 0.6) is 0 Å². The van der Waals surface area contributed by atoms with Crippen molar-refractivity contribution in [2.75, 3.05) is 18.0 Å². The van der Waals surface area contributed by atoms with Crippen molar-refractivity contribution in [1.82, 2.24) is 14.6 Å². The summed E-state index contributed by atoms with van der Waals surface area (Å²) in [6, 6.07) is 2.07. The highest BCUT2D eigenvalue weighted by Crippen LogP contribution is 2.29. The summed E-state index contributed by atoms with van der Waals surface area (Å²) in [5.74, 6) is 0.766. The van der Waals surface area contributed by atoms with Crippen LogP contribution in [0.1, 0.15) is 31.9 Å². The second-order valence-electron chi connectivity index (χ2n) is 5.67. The van der Waals surface area contributed by atoms with E-state index in [-0.39, 0.29) is 12.3 Å². The Morgan fingerprint density at radius 3 is 2.90 bits per heavy atom. The van der Waals surface area contributed by atoms with Gasteiger partial charge in [0, 0.05) is 31.4 Å². The van der Waals surface area contributed by atoms with Crippen LogP contribution in [0.15, 0.2) is 18.5 Å². The van der Waals surface area contributed by atoms with Gasteiger partial charge in [-0.3, -0.25) is 4.79 Å². The van der Waals surface area contributed by atoms with Gasteiger partial charge in [-0.05, 0) is 12.0 Å². The minimum absolute atomic E-state index is 0.224. The molecule has 3 rings (SSSR count). The smallest absolute Gasteiger partial charge is 0.303 e. The molecule has 20 heavy (non-hydrogen) atoms. The average Bonchev–Trinajstić information content (AvgIpc) is 2.77. The van der Waals surface area contributed by atoms with E-state index in [0.717, 1.165) is 30.1 Å². The molecular weight excluding hydrogens is 256 g/mol. The summed E-state index contributed by atoms with van der Waals surface area (Å²) < 4.78 is 1.85. The topological polar surface area (TPSA) is 70.7 Å². The van der Waals surface area contributed by atoms with E-state index in [1.54, 1.807) is 6.20 Å². The van der Waals surface area contributed by atoms with E-state index >= 15 is 0 Å². The Hall–Kier alpha value is -2.11. The molecule has 6 heteroatoms. The largest absolute Gasteiger partial charge is 0.481 e. The monoisotopic (exact) mass is 274 g/mol. The number of aliphatic carboxylic acids is 1. The van der Waals surface area contributed by atoms with E-state index in [4.69, 9.17) is 5.11 Å². The maximum absolute atomic E-state index is 10.7. The van der Waals surface area contributed by atoms with Crippen molar-refractivity contribution in [3.63, 3.8) is 0 Å². The molecule has 0 aromatic carbocycles. The van der Waals surface area contributed by atoms with Crippen molar-refractivity contribution in [1.29, 1.82) is 0 Å². The van der Waals surface area contributed by atoms with Crippen molar-refractivity contribution >= 4 is 17.3 Å². The molecular formula is C14H18N4O2. The molecule has 0 bridgehead atoms. The molecule has 1 N–H and O–H groups in total. The summed E-state index contributed by atoms with van der Waals surface area (Å²) in [5.41, 5.74) is 2.03. The van der Waals surface area contributed by atoms with E-state index in [2.05, 4.69) is 34.9 Å².